The molecule has 0 aliphatic heterocycles. The van der Waals surface area contributed by atoms with Gasteiger partial charge < -0.3 is 0 Å². The van der Waals surface area contributed by atoms with E-state index in [4.69, 9.17) is 2.74 Å². The molecule has 3 heteroatoms. The van der Waals surface area contributed by atoms with Crippen LogP contribution in [0.25, 0.3) is 67.2 Å². The maximum atomic E-state index is 9.04. The van der Waals surface area contributed by atoms with Crippen molar-refractivity contribution in [2.75, 3.05) is 0 Å². The second-order valence-corrected chi connectivity index (χ2v) is 24.2. The van der Waals surface area contributed by atoms with Crippen LogP contribution in [-0.2, 0) is 21.1 Å². The van der Waals surface area contributed by atoms with E-state index in [0.29, 0.717) is 23.7 Å². The fourth-order valence-electron chi connectivity index (χ4n) is 15.2. The topological polar surface area (TPSA) is 11.6 Å². The van der Waals surface area contributed by atoms with Crippen molar-refractivity contribution in [2.45, 2.75) is 96.3 Å². The molecule has 0 spiro atoms. The Hall–Kier alpha value is -7.23. The SMILES string of the molecule is Cc1ccccc1-c1ccc(-c2ccc(C3C4CCC3C4)cc2)c[n+]1C.[2H]C1(c2ccc(-c3ccc(-c4ccccc4C)[n+](C)c3)cc2)C2CCC1C2.[2H]C1(c2cccc(-c3ccc(-c4ccccc4C)[n+](C)c3)c2)C2CCC1C2. The third kappa shape index (κ3) is 9.56. The minimum Gasteiger partial charge on any atom is -0.200 e. The molecular weight excluding hydrogens is 943 g/mol. The van der Waals surface area contributed by atoms with Gasteiger partial charge in [-0.15, -0.1) is 0 Å². The van der Waals surface area contributed by atoms with E-state index in [1.807, 2.05) is 0 Å². The number of fused-ring (bicyclic) bond motifs is 3. The number of aryl methyl sites for hydroxylation is 6. The van der Waals surface area contributed by atoms with Gasteiger partial charge in [0.1, 0.15) is 21.1 Å². The molecule has 390 valence electrons. The average Bonchev–Trinajstić information content (AvgIpc) is 4.43. The van der Waals surface area contributed by atoms with Crippen LogP contribution >= 0.6 is 0 Å². The molecular formula is C75H78N3+3. The van der Waals surface area contributed by atoms with Gasteiger partial charge in [-0.1, -0.05) is 127 Å². The molecule has 9 fully saturated rings. The van der Waals surface area contributed by atoms with Crippen molar-refractivity contribution in [3.05, 3.63) is 234 Å². The predicted octanol–water partition coefficient (Wildman–Crippen LogP) is 17.0. The van der Waals surface area contributed by atoms with Crippen LogP contribution in [0.3, 0.4) is 0 Å². The second-order valence-electron chi connectivity index (χ2n) is 24.2. The first-order chi connectivity index (χ1) is 38.8. The van der Waals surface area contributed by atoms with Gasteiger partial charge in [0.2, 0.25) is 17.1 Å². The summed E-state index contributed by atoms with van der Waals surface area (Å²) >= 11 is 0. The summed E-state index contributed by atoms with van der Waals surface area (Å²) in [6, 6.07) is 65.9. The lowest BCUT2D eigenvalue weighted by atomic mass is 9.68. The predicted molar refractivity (Wildman–Crippen MR) is 320 cm³/mol. The Balaban J connectivity index is 0.000000113. The van der Waals surface area contributed by atoms with Crippen LogP contribution < -0.4 is 13.7 Å². The highest BCUT2D eigenvalue weighted by Crippen LogP contribution is 2.60. The van der Waals surface area contributed by atoms with Crippen molar-refractivity contribution in [1.82, 2.24) is 0 Å². The van der Waals surface area contributed by atoms with E-state index < -0.39 is 0 Å². The van der Waals surface area contributed by atoms with Crippen LogP contribution in [-0.4, -0.2) is 0 Å². The standard InChI is InChI=1S/3C25H26N/c1-17-6-3-4-9-23(17)24-13-12-22(16-26(24)2)18-7-5-8-19(14-18)25-20-10-11-21(25)15-20;2*1-17-5-3-4-6-23(17)24-14-13-22(16-26(24)2)18-7-9-19(10-8-18)25-20-11-12-21(25)15-20/h3-9,12-14,16,20-21,25H,10-11,15H2,1-2H3;2*3-10,13-14,16,20-21,25H,11-12,15H2,1-2H3/q3*+1/i2*25D;. The Bertz CT molecular complexity index is 3720. The molecule has 78 heavy (non-hydrogen) atoms. The summed E-state index contributed by atoms with van der Waals surface area (Å²) in [5, 5.41) is 0. The summed E-state index contributed by atoms with van der Waals surface area (Å²) in [6.07, 6.45) is 18.5. The molecule has 0 N–H and O–H groups in total. The van der Waals surface area contributed by atoms with E-state index in [9.17, 15) is 0 Å². The first-order valence-electron chi connectivity index (χ1n) is 30.3. The van der Waals surface area contributed by atoms with E-state index in [1.54, 1.807) is 5.56 Å². The maximum absolute atomic E-state index is 9.04. The Morgan fingerprint density at radius 2 is 0.667 bits per heavy atom. The summed E-state index contributed by atoms with van der Waals surface area (Å²) in [5.41, 5.74) is 22.9. The van der Waals surface area contributed by atoms with Gasteiger partial charge in [0.05, 0.1) is 0 Å². The van der Waals surface area contributed by atoms with E-state index >= 15 is 0 Å². The van der Waals surface area contributed by atoms with Crippen molar-refractivity contribution in [2.24, 2.45) is 56.7 Å². The van der Waals surface area contributed by atoms with E-state index in [1.165, 1.54) is 153 Å². The Morgan fingerprint density at radius 3 is 1.05 bits per heavy atom. The Kier molecular flexibility index (Phi) is 13.0. The number of nitrogens with zero attached hydrogens (tertiary/aromatic N) is 3. The van der Waals surface area contributed by atoms with E-state index in [0.717, 1.165) is 17.8 Å². The van der Waals surface area contributed by atoms with Crippen LogP contribution in [0.15, 0.2) is 201 Å². The molecule has 6 atom stereocenters. The molecule has 6 bridgehead atoms. The van der Waals surface area contributed by atoms with Gasteiger partial charge in [-0.05, 0) is 218 Å². The lowest BCUT2D eigenvalue weighted by molar-refractivity contribution is -0.660. The van der Waals surface area contributed by atoms with Crippen molar-refractivity contribution < 1.29 is 16.4 Å². The Labute approximate surface area is 468 Å². The lowest BCUT2D eigenvalue weighted by Gasteiger charge is -2.36. The van der Waals surface area contributed by atoms with E-state index in [2.05, 4.69) is 256 Å². The molecule has 0 radical (unpaired) electrons. The Morgan fingerprint density at radius 1 is 0.321 bits per heavy atom. The van der Waals surface area contributed by atoms with Gasteiger partial charge in [-0.25, -0.2) is 13.7 Å². The minimum absolute atomic E-state index is 0.308. The summed E-state index contributed by atoms with van der Waals surface area (Å²) in [6.45, 7) is 6.50. The third-order valence-electron chi connectivity index (χ3n) is 19.5. The zero-order valence-electron chi connectivity index (χ0n) is 48.8. The lowest BCUT2D eigenvalue weighted by Crippen LogP contribution is -2.30. The smallest absolute Gasteiger partial charge is 0.200 e. The minimum atomic E-state index is -0.334. The number of aromatic nitrogens is 3. The molecule has 18 rings (SSSR count). The zero-order valence-corrected chi connectivity index (χ0v) is 46.8. The monoisotopic (exact) mass is 1020 g/mol. The summed E-state index contributed by atoms with van der Waals surface area (Å²) in [4.78, 5) is 0. The van der Waals surface area contributed by atoms with Gasteiger partial charge in [0.15, 0.2) is 18.6 Å². The van der Waals surface area contributed by atoms with Crippen molar-refractivity contribution in [3.63, 3.8) is 0 Å². The maximum Gasteiger partial charge on any atom is 0.212 e. The third-order valence-corrected chi connectivity index (χ3v) is 19.5. The normalized spacial score (nSPS) is 25.9. The summed E-state index contributed by atoms with van der Waals surface area (Å²) < 4.78 is 24.6. The first-order valence-corrected chi connectivity index (χ1v) is 29.3. The number of hydrogen-bond donors (Lipinski definition) is 0. The highest BCUT2D eigenvalue weighted by molar-refractivity contribution is 5.69. The summed E-state index contributed by atoms with van der Waals surface area (Å²) in [5.74, 6) is 4.45. The molecule has 3 aromatic heterocycles. The first kappa shape index (κ1) is 47.9. The number of hydrogen-bond acceptors (Lipinski definition) is 0. The molecule has 9 aliphatic carbocycles. The quantitative estimate of drug-likeness (QED) is 0.128. The highest BCUT2D eigenvalue weighted by atomic mass is 14.9. The summed E-state index contributed by atoms with van der Waals surface area (Å²) in [7, 11) is 6.38. The average molecular weight is 1020 g/mol. The van der Waals surface area contributed by atoms with Crippen LogP contribution in [0.4, 0.5) is 0 Å². The van der Waals surface area contributed by atoms with Gasteiger partial charge in [-0.3, -0.25) is 0 Å². The number of rotatable bonds is 9. The van der Waals surface area contributed by atoms with Crippen molar-refractivity contribution in [3.8, 4) is 67.2 Å². The molecule has 6 unspecified atom stereocenters. The van der Waals surface area contributed by atoms with Crippen molar-refractivity contribution in [1.29, 1.82) is 0 Å². The van der Waals surface area contributed by atoms with Crippen LogP contribution in [0, 0.1) is 56.3 Å². The molecule has 0 amide bonds. The molecule has 3 nitrogen and oxygen atoms in total. The fraction of sp³-hybridized carbons (Fsp3) is 0.320. The van der Waals surface area contributed by atoms with Crippen LogP contribution in [0.2, 0.25) is 0 Å². The van der Waals surface area contributed by atoms with E-state index in [-0.39, 0.29) is 11.8 Å². The van der Waals surface area contributed by atoms with Gasteiger partial charge in [0, 0.05) is 54.3 Å². The second kappa shape index (κ2) is 21.2. The molecule has 3 heterocycles. The number of benzene rings is 6. The van der Waals surface area contributed by atoms with Crippen LogP contribution in [0.5, 0.6) is 0 Å². The molecule has 9 aliphatic rings. The number of pyridine rings is 3. The zero-order chi connectivity index (χ0) is 54.9. The molecule has 6 aromatic carbocycles. The molecule has 9 aromatic rings. The highest BCUT2D eigenvalue weighted by Gasteiger charge is 2.48. The van der Waals surface area contributed by atoms with Crippen LogP contribution in [0.1, 0.15) is 112 Å². The fourth-order valence-corrected chi connectivity index (χ4v) is 15.2. The van der Waals surface area contributed by atoms with Gasteiger partial charge >= 0.3 is 0 Å². The largest absolute Gasteiger partial charge is 0.212 e. The molecule has 0 saturated heterocycles. The van der Waals surface area contributed by atoms with Gasteiger partial charge in [0.25, 0.3) is 0 Å². The van der Waals surface area contributed by atoms with Gasteiger partial charge in [-0.2, -0.15) is 0 Å². The van der Waals surface area contributed by atoms with Crippen molar-refractivity contribution >= 4 is 0 Å². The molecule has 9 saturated carbocycles.